The Kier molecular flexibility index (Phi) is 15.6. The van der Waals surface area contributed by atoms with Crippen LogP contribution in [0.25, 0.3) is 21.3 Å². The monoisotopic (exact) mass is 828 g/mol. The molecule has 0 unspecified atom stereocenters. The van der Waals surface area contributed by atoms with Crippen LogP contribution >= 0.6 is 0 Å². The molecule has 0 spiro atoms. The van der Waals surface area contributed by atoms with Gasteiger partial charge < -0.3 is 23.7 Å². The number of fused-ring (bicyclic) bond motifs is 1. The third-order valence-corrected chi connectivity index (χ3v) is 12.4. The smallest absolute Gasteiger partial charge is 0.268 e. The number of rotatable bonds is 22. The van der Waals surface area contributed by atoms with E-state index in [2.05, 4.69) is 10.0 Å². The van der Waals surface area contributed by atoms with Crippen molar-refractivity contribution in [3.05, 3.63) is 184 Å². The number of benzene rings is 5. The van der Waals surface area contributed by atoms with Gasteiger partial charge in [-0.1, -0.05) is 139 Å². The first kappa shape index (κ1) is 42.8. The minimum Gasteiger partial charge on any atom is -0.379 e. The van der Waals surface area contributed by atoms with E-state index in [1.54, 1.807) is 36.5 Å². The molecule has 1 saturated heterocycles. The maximum Gasteiger partial charge on any atom is 0.268 e. The Morgan fingerprint density at radius 1 is 0.633 bits per heavy atom. The molecule has 0 N–H and O–H groups in total. The van der Waals surface area contributed by atoms with Crippen LogP contribution in [0.2, 0.25) is 0 Å². The molecule has 12 heteroatoms. The van der Waals surface area contributed by atoms with Gasteiger partial charge in [0.1, 0.15) is 24.4 Å². The van der Waals surface area contributed by atoms with Gasteiger partial charge in [0.25, 0.3) is 10.0 Å². The summed E-state index contributed by atoms with van der Waals surface area (Å²) in [6.07, 6.45) is 2.54. The van der Waals surface area contributed by atoms with Crippen molar-refractivity contribution in [3.63, 3.8) is 0 Å². The van der Waals surface area contributed by atoms with E-state index in [0.717, 1.165) is 46.9 Å². The number of aromatic nitrogens is 1. The minimum atomic E-state index is -3.86. The molecule has 5 aromatic carbocycles. The third-order valence-electron chi connectivity index (χ3n) is 10.7. The highest BCUT2D eigenvalue weighted by Gasteiger charge is 2.48. The number of azide groups is 1. The van der Waals surface area contributed by atoms with Crippen molar-refractivity contribution in [2.75, 3.05) is 19.8 Å². The van der Waals surface area contributed by atoms with Crippen LogP contribution in [0.3, 0.4) is 0 Å². The molecule has 6 aromatic rings. The van der Waals surface area contributed by atoms with Gasteiger partial charge in [-0.25, -0.2) is 12.4 Å². The van der Waals surface area contributed by atoms with Gasteiger partial charge in [0.15, 0.2) is 0 Å². The Bertz CT molecular complexity index is 2360. The lowest BCUT2D eigenvalue weighted by Gasteiger charge is -2.46. The largest absolute Gasteiger partial charge is 0.379 e. The zero-order chi connectivity index (χ0) is 41.4. The second kappa shape index (κ2) is 21.8. The molecule has 60 heavy (non-hydrogen) atoms. The summed E-state index contributed by atoms with van der Waals surface area (Å²) in [5.74, 6) is 0. The number of nitrogens with zero attached hydrogens (tertiary/aromatic N) is 4. The Labute approximate surface area is 352 Å². The van der Waals surface area contributed by atoms with Crippen molar-refractivity contribution in [2.45, 2.75) is 87.3 Å². The number of unbranched alkanes of at least 4 members (excludes halogenated alkanes) is 2. The van der Waals surface area contributed by atoms with Crippen LogP contribution in [0.5, 0.6) is 0 Å². The predicted molar refractivity (Wildman–Crippen MR) is 232 cm³/mol. The van der Waals surface area contributed by atoms with E-state index in [9.17, 15) is 8.42 Å². The Morgan fingerprint density at radius 3 is 1.77 bits per heavy atom. The summed E-state index contributed by atoms with van der Waals surface area (Å²) < 4.78 is 63.4. The van der Waals surface area contributed by atoms with Crippen LogP contribution in [0.1, 0.15) is 47.9 Å². The van der Waals surface area contributed by atoms with Gasteiger partial charge in [-0.05, 0) is 71.7 Å². The summed E-state index contributed by atoms with van der Waals surface area (Å²) in [6, 6.07) is 46.2. The van der Waals surface area contributed by atoms with Gasteiger partial charge in [-0.2, -0.15) is 0 Å². The summed E-state index contributed by atoms with van der Waals surface area (Å²) in [5.41, 5.74) is 13.2. The van der Waals surface area contributed by atoms with Crippen molar-refractivity contribution in [1.29, 1.82) is 0 Å². The van der Waals surface area contributed by atoms with E-state index in [0.29, 0.717) is 51.3 Å². The van der Waals surface area contributed by atoms with E-state index in [-0.39, 0.29) is 11.5 Å². The molecular weight excluding hydrogens is 777 g/mol. The molecular formula is C48H52N4O7S. The second-order valence-electron chi connectivity index (χ2n) is 14.9. The van der Waals surface area contributed by atoms with Gasteiger partial charge in [0, 0.05) is 29.6 Å². The first-order chi connectivity index (χ1) is 29.5. The molecule has 0 amide bonds. The zero-order valence-corrected chi connectivity index (χ0v) is 34.5. The van der Waals surface area contributed by atoms with Crippen LogP contribution in [0, 0.1) is 0 Å². The number of aryl methyl sites for hydroxylation is 1. The number of para-hydroxylation sites is 1. The molecule has 0 radical (unpaired) electrons. The topological polar surface area (TPSA) is 134 Å². The third kappa shape index (κ3) is 11.3. The highest BCUT2D eigenvalue weighted by atomic mass is 32.2. The maximum atomic E-state index is 14.0. The summed E-state index contributed by atoms with van der Waals surface area (Å²) in [5, 5.41) is 4.50. The quantitative estimate of drug-likeness (QED) is 0.0288. The second-order valence-corrected chi connectivity index (χ2v) is 16.7. The summed E-state index contributed by atoms with van der Waals surface area (Å²) in [6.45, 7) is 2.22. The highest BCUT2D eigenvalue weighted by molar-refractivity contribution is 7.90. The van der Waals surface area contributed by atoms with Crippen LogP contribution < -0.4 is 0 Å². The predicted octanol–water partition coefficient (Wildman–Crippen LogP) is 9.83. The fourth-order valence-electron chi connectivity index (χ4n) is 7.68. The molecule has 2 heterocycles. The molecule has 1 aromatic heterocycles. The van der Waals surface area contributed by atoms with Crippen molar-refractivity contribution in [1.82, 2.24) is 3.97 Å². The Morgan fingerprint density at radius 2 is 1.17 bits per heavy atom. The molecule has 1 fully saturated rings. The van der Waals surface area contributed by atoms with Crippen LogP contribution in [-0.2, 0) is 59.9 Å². The van der Waals surface area contributed by atoms with Gasteiger partial charge >= 0.3 is 0 Å². The molecule has 7 rings (SSSR count). The average Bonchev–Trinajstić information content (AvgIpc) is 3.68. The Balaban J connectivity index is 1.21. The zero-order valence-electron chi connectivity index (χ0n) is 33.7. The van der Waals surface area contributed by atoms with Gasteiger partial charge in [0.2, 0.25) is 0 Å². The van der Waals surface area contributed by atoms with E-state index in [1.807, 2.05) is 115 Å². The lowest BCUT2D eigenvalue weighted by atomic mass is 9.90. The molecule has 11 nitrogen and oxygen atoms in total. The molecule has 0 aliphatic carbocycles. The van der Waals surface area contributed by atoms with E-state index in [4.69, 9.17) is 29.2 Å². The summed E-state index contributed by atoms with van der Waals surface area (Å²) >= 11 is 0. The van der Waals surface area contributed by atoms with Crippen molar-refractivity contribution < 1.29 is 32.1 Å². The van der Waals surface area contributed by atoms with E-state index in [1.165, 1.54) is 3.97 Å². The van der Waals surface area contributed by atoms with Gasteiger partial charge in [0.05, 0.1) is 42.9 Å². The molecule has 1 aliphatic rings. The number of hydrogen-bond acceptors (Lipinski definition) is 8. The minimum absolute atomic E-state index is 0.223. The molecule has 0 bridgehead atoms. The Hall–Kier alpha value is -5.30. The van der Waals surface area contributed by atoms with Crippen LogP contribution in [-0.4, -0.2) is 62.7 Å². The van der Waals surface area contributed by atoms with Gasteiger partial charge in [-0.3, -0.25) is 0 Å². The van der Waals surface area contributed by atoms with Crippen molar-refractivity contribution in [2.24, 2.45) is 5.11 Å². The van der Waals surface area contributed by atoms with Gasteiger partial charge in [-0.15, -0.1) is 0 Å². The average molecular weight is 829 g/mol. The van der Waals surface area contributed by atoms with Crippen molar-refractivity contribution in [3.8, 4) is 0 Å². The fraction of sp³-hybridized carbons (Fsp3) is 0.333. The standard InChI is InChI=1S/C48H52N4O7S/c49-51-50-30-16-5-17-31-55-36-45-47(57-34-38-20-8-2-9-21-38)48(58-35-39-22-10-3-11-23-39)46(56-33-37-18-6-1-7-19-37)44(59-45)29-28-40-32-52(43-27-15-14-26-42(40)43)60(53,54)41-24-12-4-13-25-41/h1-4,6-15,18-27,32,44-48H,5,16-17,28-31,33-36H2/t44-,45+,46-,47+,48+/m0/s1. The van der Waals surface area contributed by atoms with E-state index >= 15 is 0 Å². The SMILES string of the molecule is [N-]=[N+]=NCCCCCOC[C@H]1O[C@@H](CCc2cn(S(=O)(=O)c3ccccc3)c3ccccc23)[C@H](OCc2ccccc2)[C@@H](OCc2ccccc2)[C@@H]1OCc1ccccc1. The highest BCUT2D eigenvalue weighted by Crippen LogP contribution is 2.34. The van der Waals surface area contributed by atoms with Crippen molar-refractivity contribution >= 4 is 20.9 Å². The molecule has 312 valence electrons. The van der Waals surface area contributed by atoms with Crippen LogP contribution in [0.4, 0.5) is 0 Å². The lowest BCUT2D eigenvalue weighted by Crippen LogP contribution is -2.61. The lowest BCUT2D eigenvalue weighted by molar-refractivity contribution is -0.273. The maximum absolute atomic E-state index is 14.0. The summed E-state index contributed by atoms with van der Waals surface area (Å²) in [7, 11) is -3.86. The summed E-state index contributed by atoms with van der Waals surface area (Å²) in [4.78, 5) is 3.07. The molecule has 5 atom stereocenters. The molecule has 0 saturated carbocycles. The molecule has 1 aliphatic heterocycles. The van der Waals surface area contributed by atoms with E-state index < -0.39 is 40.5 Å². The first-order valence-electron chi connectivity index (χ1n) is 20.6. The normalized spacial score (nSPS) is 19.2. The number of ether oxygens (including phenoxy) is 5. The fourth-order valence-corrected chi connectivity index (χ4v) is 9.09. The number of hydrogen-bond donors (Lipinski definition) is 0. The van der Waals surface area contributed by atoms with Crippen LogP contribution in [0.15, 0.2) is 162 Å². The first-order valence-corrected chi connectivity index (χ1v) is 22.1.